The molecule has 4 nitrogen and oxygen atoms in total. The molecule has 1 atom stereocenters. The molecule has 29 heavy (non-hydrogen) atoms. The Morgan fingerprint density at radius 2 is 2.07 bits per heavy atom. The summed E-state index contributed by atoms with van der Waals surface area (Å²) in [7, 11) is 0. The van der Waals surface area contributed by atoms with Crippen LogP contribution in [0.15, 0.2) is 57.5 Å². The molecule has 2 aromatic heterocycles. The molecule has 1 unspecified atom stereocenters. The third-order valence-corrected chi connectivity index (χ3v) is 7.81. The lowest BCUT2D eigenvalue weighted by Gasteiger charge is -2.23. The summed E-state index contributed by atoms with van der Waals surface area (Å²) >= 11 is 3.68. The van der Waals surface area contributed by atoms with Crippen LogP contribution in [0.1, 0.15) is 31.0 Å². The normalized spacial score (nSPS) is 17.0. The van der Waals surface area contributed by atoms with Crippen LogP contribution >= 0.6 is 23.3 Å². The van der Waals surface area contributed by atoms with E-state index in [9.17, 15) is 4.79 Å². The Morgan fingerprint density at radius 3 is 2.86 bits per heavy atom. The van der Waals surface area contributed by atoms with Gasteiger partial charge in [-0.1, -0.05) is 25.1 Å². The van der Waals surface area contributed by atoms with Gasteiger partial charge >= 0.3 is 0 Å². The van der Waals surface area contributed by atoms with Crippen molar-refractivity contribution in [3.8, 4) is 10.4 Å². The highest BCUT2D eigenvalue weighted by Crippen LogP contribution is 2.39. The maximum Gasteiger partial charge on any atom is 0.251 e. The first-order valence-electron chi connectivity index (χ1n) is 10.2. The van der Waals surface area contributed by atoms with Crippen LogP contribution in [0.2, 0.25) is 0 Å². The smallest absolute Gasteiger partial charge is 0.251 e. The van der Waals surface area contributed by atoms with E-state index >= 15 is 0 Å². The van der Waals surface area contributed by atoms with E-state index in [4.69, 9.17) is 0 Å². The average Bonchev–Trinajstić information content (AvgIpc) is 3.37. The van der Waals surface area contributed by atoms with Crippen molar-refractivity contribution in [1.82, 2.24) is 9.29 Å². The second-order valence-corrected chi connectivity index (χ2v) is 9.84. The third kappa shape index (κ3) is 4.77. The van der Waals surface area contributed by atoms with Crippen molar-refractivity contribution in [3.63, 3.8) is 0 Å². The van der Waals surface area contributed by atoms with Crippen LogP contribution in [-0.2, 0) is 6.42 Å². The number of H-pyrrole nitrogens is 1. The number of nitrogens with zero attached hydrogens (tertiary/aromatic N) is 1. The van der Waals surface area contributed by atoms with E-state index in [1.807, 2.05) is 43.2 Å². The summed E-state index contributed by atoms with van der Waals surface area (Å²) in [5, 5.41) is 3.57. The maximum atomic E-state index is 12.0. The van der Waals surface area contributed by atoms with Gasteiger partial charge in [-0.2, -0.15) is 0 Å². The molecule has 1 aliphatic rings. The molecule has 1 saturated heterocycles. The van der Waals surface area contributed by atoms with Crippen LogP contribution in [0.25, 0.3) is 10.4 Å². The number of nitrogens with one attached hydrogen (secondary N) is 2. The third-order valence-electron chi connectivity index (χ3n) is 5.39. The van der Waals surface area contributed by atoms with Gasteiger partial charge in [-0.25, -0.2) is 4.31 Å². The lowest BCUT2D eigenvalue weighted by atomic mass is 10.1. The van der Waals surface area contributed by atoms with Gasteiger partial charge in [-0.05, 0) is 68.5 Å². The summed E-state index contributed by atoms with van der Waals surface area (Å²) in [4.78, 5) is 16.2. The second kappa shape index (κ2) is 9.20. The number of aromatic amines is 1. The summed E-state index contributed by atoms with van der Waals surface area (Å²) in [6.07, 6.45) is 3.22. The monoisotopic (exact) mass is 425 g/mol. The largest absolute Gasteiger partial charge is 0.383 e. The molecule has 0 bridgehead atoms. The molecule has 4 rings (SSSR count). The van der Waals surface area contributed by atoms with Crippen molar-refractivity contribution in [2.45, 2.75) is 43.4 Å². The number of anilines is 1. The fourth-order valence-electron chi connectivity index (χ4n) is 3.74. The topological polar surface area (TPSA) is 48.1 Å². The van der Waals surface area contributed by atoms with Crippen molar-refractivity contribution in [2.75, 3.05) is 18.4 Å². The van der Waals surface area contributed by atoms with Crippen molar-refractivity contribution >= 4 is 29.0 Å². The van der Waals surface area contributed by atoms with Gasteiger partial charge in [0.2, 0.25) is 0 Å². The van der Waals surface area contributed by atoms with Crippen LogP contribution in [0.5, 0.6) is 0 Å². The minimum atomic E-state index is 0.0331. The van der Waals surface area contributed by atoms with Gasteiger partial charge in [0.15, 0.2) is 0 Å². The summed E-state index contributed by atoms with van der Waals surface area (Å²) < 4.78 is 3.82. The maximum absolute atomic E-state index is 12.0. The molecule has 1 fully saturated rings. The van der Waals surface area contributed by atoms with Gasteiger partial charge in [0.1, 0.15) is 0 Å². The molecular weight excluding hydrogens is 398 g/mol. The Balaban J connectivity index is 1.44. The van der Waals surface area contributed by atoms with Gasteiger partial charge in [0, 0.05) is 46.5 Å². The van der Waals surface area contributed by atoms with Gasteiger partial charge in [0.05, 0.1) is 4.21 Å². The minimum Gasteiger partial charge on any atom is -0.383 e. The molecule has 0 saturated carbocycles. The molecule has 0 spiro atoms. The zero-order valence-corrected chi connectivity index (χ0v) is 18.5. The van der Waals surface area contributed by atoms with Gasteiger partial charge < -0.3 is 10.3 Å². The van der Waals surface area contributed by atoms with Gasteiger partial charge in [-0.3, -0.25) is 4.79 Å². The zero-order chi connectivity index (χ0) is 20.2. The van der Waals surface area contributed by atoms with E-state index in [1.54, 1.807) is 0 Å². The van der Waals surface area contributed by atoms with Crippen LogP contribution in [0, 0.1) is 6.92 Å². The number of para-hydroxylation sites is 1. The fraction of sp³-hybridized carbons (Fsp3) is 0.348. The first-order chi connectivity index (χ1) is 14.1. The number of benzene rings is 1. The molecule has 152 valence electrons. The SMILES string of the molecule is CCc1cc(-c2ccc(SN3CCCC3CNc3ccccc3)s2)c(C)[nH]c1=O. The van der Waals surface area contributed by atoms with Crippen molar-refractivity contribution in [3.05, 3.63) is 70.1 Å². The quantitative estimate of drug-likeness (QED) is 0.487. The van der Waals surface area contributed by atoms with Crippen LogP contribution < -0.4 is 10.9 Å². The van der Waals surface area contributed by atoms with Crippen LogP contribution in [0.3, 0.4) is 0 Å². The van der Waals surface area contributed by atoms with Crippen LogP contribution in [0.4, 0.5) is 5.69 Å². The standard InChI is InChI=1S/C23H27N3OS2/c1-3-17-14-20(16(2)25-23(17)27)21-11-12-22(28-21)29-26-13-7-10-19(26)15-24-18-8-5-4-6-9-18/h4-6,8-9,11-12,14,19,24H,3,7,10,13,15H2,1-2H3,(H,25,27). The Morgan fingerprint density at radius 1 is 1.24 bits per heavy atom. The molecule has 2 N–H and O–H groups in total. The highest BCUT2D eigenvalue weighted by Gasteiger charge is 2.26. The summed E-state index contributed by atoms with van der Waals surface area (Å²) in [5.74, 6) is 0. The van der Waals surface area contributed by atoms with Gasteiger partial charge in [-0.15, -0.1) is 11.3 Å². The lowest BCUT2D eigenvalue weighted by molar-refractivity contribution is 0.453. The number of hydrogen-bond acceptors (Lipinski definition) is 5. The second-order valence-electron chi connectivity index (χ2n) is 7.41. The van der Waals surface area contributed by atoms with E-state index in [2.05, 4.69) is 57.1 Å². The van der Waals surface area contributed by atoms with Crippen molar-refractivity contribution in [2.24, 2.45) is 0 Å². The molecule has 3 aromatic rings. The molecular formula is C23H27N3OS2. The number of rotatable bonds is 7. The zero-order valence-electron chi connectivity index (χ0n) is 16.9. The number of thiophene rings is 1. The van der Waals surface area contributed by atoms with E-state index in [0.717, 1.165) is 36.3 Å². The van der Waals surface area contributed by atoms with Crippen LogP contribution in [-0.4, -0.2) is 28.4 Å². The highest BCUT2D eigenvalue weighted by atomic mass is 32.2. The molecule has 1 aromatic carbocycles. The van der Waals surface area contributed by atoms with Crippen molar-refractivity contribution in [1.29, 1.82) is 0 Å². The van der Waals surface area contributed by atoms with E-state index in [-0.39, 0.29) is 5.56 Å². The predicted molar refractivity (Wildman–Crippen MR) is 125 cm³/mol. The highest BCUT2D eigenvalue weighted by molar-refractivity contribution is 7.99. The lowest BCUT2D eigenvalue weighted by Crippen LogP contribution is -2.29. The minimum absolute atomic E-state index is 0.0331. The first kappa shape index (κ1) is 20.3. The number of aromatic nitrogens is 1. The van der Waals surface area contributed by atoms with E-state index in [0.29, 0.717) is 6.04 Å². The summed E-state index contributed by atoms with van der Waals surface area (Å²) in [6, 6.07) is 17.4. The number of hydrogen-bond donors (Lipinski definition) is 2. The number of aryl methyl sites for hydroxylation is 2. The van der Waals surface area contributed by atoms with Crippen molar-refractivity contribution < 1.29 is 0 Å². The molecule has 3 heterocycles. The first-order valence-corrected chi connectivity index (χ1v) is 11.8. The Labute approximate surface area is 180 Å². The average molecular weight is 426 g/mol. The van der Waals surface area contributed by atoms with Gasteiger partial charge in [0.25, 0.3) is 5.56 Å². The molecule has 6 heteroatoms. The predicted octanol–water partition coefficient (Wildman–Crippen LogP) is 5.56. The molecule has 0 radical (unpaired) electrons. The molecule has 0 amide bonds. The summed E-state index contributed by atoms with van der Waals surface area (Å²) in [6.45, 7) is 6.09. The molecule has 1 aliphatic heterocycles. The Kier molecular flexibility index (Phi) is 6.43. The number of pyridine rings is 1. The fourth-order valence-corrected chi connectivity index (χ4v) is 6.17. The van der Waals surface area contributed by atoms with E-state index < -0.39 is 0 Å². The Hall–Kier alpha value is -2.02. The van der Waals surface area contributed by atoms with E-state index in [1.165, 1.54) is 27.6 Å². The summed E-state index contributed by atoms with van der Waals surface area (Å²) in [5.41, 5.74) is 4.15. The Bertz CT molecular complexity index is 1010. The molecule has 0 aliphatic carbocycles.